The van der Waals surface area contributed by atoms with Crippen LogP contribution in [0.2, 0.25) is 0 Å². The molecule has 0 unspecified atom stereocenters. The van der Waals surface area contributed by atoms with Gasteiger partial charge < -0.3 is 10.8 Å². The first-order valence-corrected chi connectivity index (χ1v) is 5.53. The number of aliphatic hydroxyl groups is 1. The maximum atomic E-state index is 9.74. The van der Waals surface area contributed by atoms with Crippen molar-refractivity contribution in [1.82, 2.24) is 0 Å². The molecule has 1 rings (SSSR count). The molecule has 13 heavy (non-hydrogen) atoms. The smallest absolute Gasteiger partial charge is 0.0812 e. The van der Waals surface area contributed by atoms with Crippen LogP contribution in [-0.2, 0) is 0 Å². The standard InChI is InChI=1S/C10H15NOS/c1-13-10-5-3-2-4-8(10)9(12)6-7-11/h2-5,9,12H,6-7,11H2,1H3/t9-/m0/s1. The van der Waals surface area contributed by atoms with Crippen LogP contribution in [-0.4, -0.2) is 17.9 Å². The molecule has 3 heteroatoms. The summed E-state index contributed by atoms with van der Waals surface area (Å²) in [5, 5.41) is 9.74. The molecule has 0 amide bonds. The van der Waals surface area contributed by atoms with E-state index in [1.165, 1.54) is 0 Å². The molecule has 1 aromatic rings. The van der Waals surface area contributed by atoms with Crippen LogP contribution in [0.15, 0.2) is 29.2 Å². The Bertz CT molecular complexity index is 265. The third-order valence-electron chi connectivity index (χ3n) is 1.94. The van der Waals surface area contributed by atoms with E-state index in [0.717, 1.165) is 10.5 Å². The lowest BCUT2D eigenvalue weighted by molar-refractivity contribution is 0.167. The normalized spacial score (nSPS) is 12.8. The van der Waals surface area contributed by atoms with Crippen molar-refractivity contribution in [3.8, 4) is 0 Å². The minimum atomic E-state index is -0.423. The summed E-state index contributed by atoms with van der Waals surface area (Å²) in [6.07, 6.45) is 2.21. The predicted octanol–water partition coefficient (Wildman–Crippen LogP) is 1.79. The summed E-state index contributed by atoms with van der Waals surface area (Å²) in [6.45, 7) is 0.518. The molecule has 0 saturated carbocycles. The van der Waals surface area contributed by atoms with Gasteiger partial charge in [-0.2, -0.15) is 0 Å². The van der Waals surface area contributed by atoms with Gasteiger partial charge in [0.1, 0.15) is 0 Å². The van der Waals surface area contributed by atoms with Gasteiger partial charge in [-0.3, -0.25) is 0 Å². The average Bonchev–Trinajstić information content (AvgIpc) is 2.18. The van der Waals surface area contributed by atoms with E-state index in [4.69, 9.17) is 5.73 Å². The topological polar surface area (TPSA) is 46.2 Å². The molecule has 0 aliphatic rings. The van der Waals surface area contributed by atoms with Crippen molar-refractivity contribution in [2.45, 2.75) is 17.4 Å². The summed E-state index contributed by atoms with van der Waals surface area (Å²) in [7, 11) is 0. The molecule has 72 valence electrons. The van der Waals surface area contributed by atoms with Gasteiger partial charge in [-0.25, -0.2) is 0 Å². The fourth-order valence-corrected chi connectivity index (χ4v) is 1.91. The van der Waals surface area contributed by atoms with Gasteiger partial charge in [0.15, 0.2) is 0 Å². The zero-order valence-corrected chi connectivity index (χ0v) is 8.55. The fourth-order valence-electron chi connectivity index (χ4n) is 1.26. The van der Waals surface area contributed by atoms with Gasteiger partial charge in [0, 0.05) is 4.90 Å². The highest BCUT2D eigenvalue weighted by atomic mass is 32.2. The molecule has 0 radical (unpaired) electrons. The Hall–Kier alpha value is -0.510. The molecule has 2 nitrogen and oxygen atoms in total. The molecule has 0 spiro atoms. The lowest BCUT2D eigenvalue weighted by Crippen LogP contribution is -2.07. The SMILES string of the molecule is CSc1ccccc1[C@@H](O)CCN. The third kappa shape index (κ3) is 2.72. The van der Waals surface area contributed by atoms with E-state index >= 15 is 0 Å². The Morgan fingerprint density at radius 1 is 1.46 bits per heavy atom. The lowest BCUT2D eigenvalue weighted by Gasteiger charge is -2.12. The summed E-state index contributed by atoms with van der Waals surface area (Å²) < 4.78 is 0. The first-order valence-electron chi connectivity index (χ1n) is 4.30. The van der Waals surface area contributed by atoms with E-state index in [1.54, 1.807) is 11.8 Å². The van der Waals surface area contributed by atoms with Crippen LogP contribution in [0.1, 0.15) is 18.1 Å². The van der Waals surface area contributed by atoms with Gasteiger partial charge in [-0.05, 0) is 30.9 Å². The maximum Gasteiger partial charge on any atom is 0.0812 e. The summed E-state index contributed by atoms with van der Waals surface area (Å²) in [5.74, 6) is 0. The number of nitrogens with two attached hydrogens (primary N) is 1. The second-order valence-corrected chi connectivity index (χ2v) is 3.68. The van der Waals surface area contributed by atoms with Crippen LogP contribution in [0.25, 0.3) is 0 Å². The zero-order valence-electron chi connectivity index (χ0n) is 7.73. The Kier molecular flexibility index (Phi) is 4.28. The minimum Gasteiger partial charge on any atom is -0.388 e. The van der Waals surface area contributed by atoms with Crippen molar-refractivity contribution >= 4 is 11.8 Å². The van der Waals surface area contributed by atoms with Crippen LogP contribution >= 0.6 is 11.8 Å². The van der Waals surface area contributed by atoms with Crippen molar-refractivity contribution in [2.24, 2.45) is 5.73 Å². The molecule has 0 aliphatic carbocycles. The van der Waals surface area contributed by atoms with E-state index in [1.807, 2.05) is 30.5 Å². The first-order chi connectivity index (χ1) is 6.29. The molecular formula is C10H15NOS. The summed E-state index contributed by atoms with van der Waals surface area (Å²) in [5.41, 5.74) is 6.38. The van der Waals surface area contributed by atoms with Crippen molar-refractivity contribution in [1.29, 1.82) is 0 Å². The van der Waals surface area contributed by atoms with Crippen LogP contribution in [0.5, 0.6) is 0 Å². The van der Waals surface area contributed by atoms with Crippen molar-refractivity contribution in [3.05, 3.63) is 29.8 Å². The predicted molar refractivity (Wildman–Crippen MR) is 56.9 cm³/mol. The largest absolute Gasteiger partial charge is 0.388 e. The Labute approximate surface area is 83.1 Å². The molecule has 1 atom stereocenters. The second kappa shape index (κ2) is 5.27. The molecule has 0 heterocycles. The second-order valence-electron chi connectivity index (χ2n) is 2.84. The summed E-state index contributed by atoms with van der Waals surface area (Å²) in [6, 6.07) is 7.88. The number of hydrogen-bond donors (Lipinski definition) is 2. The molecular weight excluding hydrogens is 182 g/mol. The van der Waals surface area contributed by atoms with Crippen LogP contribution in [0, 0.1) is 0 Å². The first kappa shape index (κ1) is 10.6. The monoisotopic (exact) mass is 197 g/mol. The van der Waals surface area contributed by atoms with Crippen LogP contribution in [0.4, 0.5) is 0 Å². The highest BCUT2D eigenvalue weighted by Crippen LogP contribution is 2.26. The van der Waals surface area contributed by atoms with Gasteiger partial charge in [-0.15, -0.1) is 11.8 Å². The maximum absolute atomic E-state index is 9.74. The minimum absolute atomic E-state index is 0.423. The van der Waals surface area contributed by atoms with Crippen LogP contribution < -0.4 is 5.73 Å². The average molecular weight is 197 g/mol. The van der Waals surface area contributed by atoms with E-state index in [2.05, 4.69) is 0 Å². The lowest BCUT2D eigenvalue weighted by atomic mass is 10.1. The molecule has 0 aromatic heterocycles. The number of benzene rings is 1. The molecule has 0 bridgehead atoms. The number of thioether (sulfide) groups is 1. The number of aliphatic hydroxyl groups excluding tert-OH is 1. The quantitative estimate of drug-likeness (QED) is 0.723. The van der Waals surface area contributed by atoms with E-state index < -0.39 is 6.10 Å². The summed E-state index contributed by atoms with van der Waals surface area (Å²) >= 11 is 1.65. The molecule has 0 aliphatic heterocycles. The van der Waals surface area contributed by atoms with Crippen molar-refractivity contribution in [3.63, 3.8) is 0 Å². The van der Waals surface area contributed by atoms with Crippen molar-refractivity contribution in [2.75, 3.05) is 12.8 Å². The Morgan fingerprint density at radius 2 is 2.15 bits per heavy atom. The number of hydrogen-bond acceptors (Lipinski definition) is 3. The molecule has 3 N–H and O–H groups in total. The highest BCUT2D eigenvalue weighted by molar-refractivity contribution is 7.98. The van der Waals surface area contributed by atoms with Crippen LogP contribution in [0.3, 0.4) is 0 Å². The van der Waals surface area contributed by atoms with Crippen molar-refractivity contribution < 1.29 is 5.11 Å². The fraction of sp³-hybridized carbons (Fsp3) is 0.400. The van der Waals surface area contributed by atoms with E-state index in [9.17, 15) is 5.11 Å². The highest BCUT2D eigenvalue weighted by Gasteiger charge is 2.09. The van der Waals surface area contributed by atoms with E-state index in [0.29, 0.717) is 13.0 Å². The third-order valence-corrected chi connectivity index (χ3v) is 2.75. The van der Waals surface area contributed by atoms with E-state index in [-0.39, 0.29) is 0 Å². The van der Waals surface area contributed by atoms with Gasteiger partial charge in [0.05, 0.1) is 6.10 Å². The number of rotatable bonds is 4. The molecule has 1 aromatic carbocycles. The summed E-state index contributed by atoms with van der Waals surface area (Å²) in [4.78, 5) is 1.13. The van der Waals surface area contributed by atoms with Gasteiger partial charge in [0.2, 0.25) is 0 Å². The van der Waals surface area contributed by atoms with Gasteiger partial charge in [0.25, 0.3) is 0 Å². The van der Waals surface area contributed by atoms with Gasteiger partial charge in [-0.1, -0.05) is 18.2 Å². The van der Waals surface area contributed by atoms with Gasteiger partial charge >= 0.3 is 0 Å². The zero-order chi connectivity index (χ0) is 9.68. The Balaban J connectivity index is 2.85. The molecule has 0 saturated heterocycles. The molecule has 0 fully saturated rings. The Morgan fingerprint density at radius 3 is 2.77 bits per heavy atom.